The maximum atomic E-state index is 12.4. The number of hydrogen-bond acceptors (Lipinski definition) is 2. The predicted molar refractivity (Wildman–Crippen MR) is 75.2 cm³/mol. The fraction of sp³-hybridized carbons (Fsp3) is 0.615. The number of halogens is 1. The Balaban J connectivity index is 2.84. The predicted octanol–water partition coefficient (Wildman–Crippen LogP) is 3.79. The third-order valence-electron chi connectivity index (χ3n) is 2.74. The van der Waals surface area contributed by atoms with Gasteiger partial charge in [0.1, 0.15) is 0 Å². The SMILES string of the molecule is CCc1ccsc1C(=O)N(CCCCl)C(C)C. The number of aryl methyl sites for hydroxylation is 1. The zero-order valence-electron chi connectivity index (χ0n) is 10.7. The summed E-state index contributed by atoms with van der Waals surface area (Å²) < 4.78 is 0. The van der Waals surface area contributed by atoms with Gasteiger partial charge in [0.05, 0.1) is 4.88 Å². The Morgan fingerprint density at radius 3 is 2.76 bits per heavy atom. The van der Waals surface area contributed by atoms with Gasteiger partial charge in [-0.25, -0.2) is 0 Å². The van der Waals surface area contributed by atoms with Crippen molar-refractivity contribution in [1.82, 2.24) is 4.90 Å². The second kappa shape index (κ2) is 7.02. The molecule has 2 nitrogen and oxygen atoms in total. The minimum atomic E-state index is 0.150. The molecule has 1 heterocycles. The van der Waals surface area contributed by atoms with Crippen molar-refractivity contribution in [3.05, 3.63) is 21.9 Å². The van der Waals surface area contributed by atoms with Gasteiger partial charge in [-0.2, -0.15) is 0 Å². The molecule has 1 rings (SSSR count). The standard InChI is InChI=1S/C13H20ClNOS/c1-4-11-6-9-17-12(11)13(16)15(10(2)3)8-5-7-14/h6,9-10H,4-5,7-8H2,1-3H3. The van der Waals surface area contributed by atoms with Gasteiger partial charge in [0, 0.05) is 18.5 Å². The molecule has 0 aliphatic rings. The Morgan fingerprint density at radius 1 is 1.53 bits per heavy atom. The molecular formula is C13H20ClNOS. The second-order valence-electron chi connectivity index (χ2n) is 4.26. The van der Waals surface area contributed by atoms with Crippen molar-refractivity contribution < 1.29 is 4.79 Å². The third kappa shape index (κ3) is 3.71. The summed E-state index contributed by atoms with van der Waals surface area (Å²) in [5.41, 5.74) is 1.15. The van der Waals surface area contributed by atoms with E-state index in [2.05, 4.69) is 6.92 Å². The van der Waals surface area contributed by atoms with Crippen LogP contribution in [0.5, 0.6) is 0 Å². The van der Waals surface area contributed by atoms with E-state index >= 15 is 0 Å². The van der Waals surface area contributed by atoms with Gasteiger partial charge in [0.15, 0.2) is 0 Å². The first-order valence-corrected chi connectivity index (χ1v) is 7.46. The lowest BCUT2D eigenvalue weighted by Gasteiger charge is -2.26. The van der Waals surface area contributed by atoms with Gasteiger partial charge in [0.25, 0.3) is 5.91 Å². The molecule has 0 unspecified atom stereocenters. The highest BCUT2D eigenvalue weighted by Crippen LogP contribution is 2.20. The molecule has 0 N–H and O–H groups in total. The first kappa shape index (κ1) is 14.5. The van der Waals surface area contributed by atoms with Gasteiger partial charge in [-0.05, 0) is 43.7 Å². The molecule has 0 atom stereocenters. The number of carbonyl (C=O) groups is 1. The number of rotatable bonds is 6. The molecule has 0 aromatic carbocycles. The van der Waals surface area contributed by atoms with Crippen molar-refractivity contribution in [3.63, 3.8) is 0 Å². The van der Waals surface area contributed by atoms with Gasteiger partial charge in [-0.3, -0.25) is 4.79 Å². The van der Waals surface area contributed by atoms with E-state index in [0.29, 0.717) is 5.88 Å². The van der Waals surface area contributed by atoms with Crippen LogP contribution in [0.1, 0.15) is 42.4 Å². The molecule has 17 heavy (non-hydrogen) atoms. The van der Waals surface area contributed by atoms with E-state index < -0.39 is 0 Å². The summed E-state index contributed by atoms with van der Waals surface area (Å²) in [7, 11) is 0. The molecule has 1 aromatic rings. The molecule has 0 bridgehead atoms. The first-order valence-electron chi connectivity index (χ1n) is 6.05. The van der Waals surface area contributed by atoms with E-state index in [1.165, 1.54) is 11.3 Å². The van der Waals surface area contributed by atoms with Crippen LogP contribution in [0.4, 0.5) is 0 Å². The fourth-order valence-corrected chi connectivity index (χ4v) is 2.83. The molecule has 0 aliphatic heterocycles. The number of thiophene rings is 1. The van der Waals surface area contributed by atoms with Crippen molar-refractivity contribution in [2.24, 2.45) is 0 Å². The summed E-state index contributed by atoms with van der Waals surface area (Å²) in [6.45, 7) is 6.91. The van der Waals surface area contributed by atoms with E-state index in [9.17, 15) is 4.79 Å². The van der Waals surface area contributed by atoms with Gasteiger partial charge in [-0.15, -0.1) is 22.9 Å². The first-order chi connectivity index (χ1) is 8.11. The number of hydrogen-bond donors (Lipinski definition) is 0. The molecule has 0 aliphatic carbocycles. The average molecular weight is 274 g/mol. The maximum absolute atomic E-state index is 12.4. The van der Waals surface area contributed by atoms with Gasteiger partial charge in [-0.1, -0.05) is 6.92 Å². The summed E-state index contributed by atoms with van der Waals surface area (Å²) in [6.07, 6.45) is 1.75. The van der Waals surface area contributed by atoms with Crippen LogP contribution in [0.2, 0.25) is 0 Å². The fourth-order valence-electron chi connectivity index (χ4n) is 1.76. The molecule has 0 spiro atoms. The molecular weight excluding hydrogens is 254 g/mol. The normalized spacial score (nSPS) is 10.9. The number of alkyl halides is 1. The van der Waals surface area contributed by atoms with Crippen LogP contribution >= 0.6 is 22.9 Å². The largest absolute Gasteiger partial charge is 0.335 e. The summed E-state index contributed by atoms with van der Waals surface area (Å²) in [6, 6.07) is 2.26. The molecule has 0 fully saturated rings. The number of amides is 1. The highest BCUT2D eigenvalue weighted by Gasteiger charge is 2.21. The van der Waals surface area contributed by atoms with Crippen LogP contribution in [-0.4, -0.2) is 29.3 Å². The quantitative estimate of drug-likeness (QED) is 0.722. The number of nitrogens with zero attached hydrogens (tertiary/aromatic N) is 1. The molecule has 0 radical (unpaired) electrons. The van der Waals surface area contributed by atoms with E-state index in [1.807, 2.05) is 30.2 Å². The monoisotopic (exact) mass is 273 g/mol. The van der Waals surface area contributed by atoms with Crippen LogP contribution in [0, 0.1) is 0 Å². The third-order valence-corrected chi connectivity index (χ3v) is 3.95. The summed E-state index contributed by atoms with van der Waals surface area (Å²) in [4.78, 5) is 15.2. The van der Waals surface area contributed by atoms with Crippen LogP contribution in [0.3, 0.4) is 0 Å². The van der Waals surface area contributed by atoms with Gasteiger partial charge in [0.2, 0.25) is 0 Å². The van der Waals surface area contributed by atoms with E-state index in [-0.39, 0.29) is 11.9 Å². The average Bonchev–Trinajstić information content (AvgIpc) is 2.76. The lowest BCUT2D eigenvalue weighted by molar-refractivity contribution is 0.0710. The van der Waals surface area contributed by atoms with E-state index in [0.717, 1.165) is 29.8 Å². The van der Waals surface area contributed by atoms with Crippen LogP contribution in [0.15, 0.2) is 11.4 Å². The summed E-state index contributed by atoms with van der Waals surface area (Å²) >= 11 is 7.24. The summed E-state index contributed by atoms with van der Waals surface area (Å²) in [5, 5.41) is 1.99. The molecule has 1 amide bonds. The lowest BCUT2D eigenvalue weighted by atomic mass is 10.1. The highest BCUT2D eigenvalue weighted by molar-refractivity contribution is 7.12. The van der Waals surface area contributed by atoms with Crippen molar-refractivity contribution in [1.29, 1.82) is 0 Å². The van der Waals surface area contributed by atoms with E-state index in [4.69, 9.17) is 11.6 Å². The molecule has 0 saturated carbocycles. The Morgan fingerprint density at radius 2 is 2.24 bits per heavy atom. The molecule has 96 valence electrons. The molecule has 4 heteroatoms. The topological polar surface area (TPSA) is 20.3 Å². The minimum absolute atomic E-state index is 0.150. The van der Waals surface area contributed by atoms with E-state index in [1.54, 1.807) is 0 Å². The Hall–Kier alpha value is -0.540. The second-order valence-corrected chi connectivity index (χ2v) is 5.56. The van der Waals surface area contributed by atoms with Crippen LogP contribution < -0.4 is 0 Å². The molecule has 0 saturated heterocycles. The Labute approximate surface area is 113 Å². The van der Waals surface area contributed by atoms with Crippen molar-refractivity contribution >= 4 is 28.8 Å². The number of carbonyl (C=O) groups excluding carboxylic acids is 1. The molecule has 1 aromatic heterocycles. The van der Waals surface area contributed by atoms with Crippen LogP contribution in [0.25, 0.3) is 0 Å². The maximum Gasteiger partial charge on any atom is 0.264 e. The summed E-state index contributed by atoms with van der Waals surface area (Å²) in [5.74, 6) is 0.749. The zero-order chi connectivity index (χ0) is 12.8. The smallest absolute Gasteiger partial charge is 0.264 e. The lowest BCUT2D eigenvalue weighted by Crippen LogP contribution is -2.37. The Bertz CT molecular complexity index is 362. The highest BCUT2D eigenvalue weighted by atomic mass is 35.5. The van der Waals surface area contributed by atoms with Crippen molar-refractivity contribution in [2.75, 3.05) is 12.4 Å². The van der Waals surface area contributed by atoms with Crippen molar-refractivity contribution in [3.8, 4) is 0 Å². The zero-order valence-corrected chi connectivity index (χ0v) is 12.3. The van der Waals surface area contributed by atoms with Gasteiger partial charge >= 0.3 is 0 Å². The van der Waals surface area contributed by atoms with Crippen LogP contribution in [-0.2, 0) is 6.42 Å². The van der Waals surface area contributed by atoms with Crippen molar-refractivity contribution in [2.45, 2.75) is 39.7 Å². The minimum Gasteiger partial charge on any atom is -0.335 e. The Kier molecular flexibility index (Phi) is 6.00. The van der Waals surface area contributed by atoms with Gasteiger partial charge < -0.3 is 4.90 Å².